The lowest BCUT2D eigenvalue weighted by atomic mass is 10.0. The topological polar surface area (TPSA) is 59.3 Å². The van der Waals surface area contributed by atoms with Crippen LogP contribution in [0, 0.1) is 6.92 Å². The van der Waals surface area contributed by atoms with Crippen molar-refractivity contribution in [2.24, 2.45) is 0 Å². The van der Waals surface area contributed by atoms with E-state index in [1.165, 1.54) is 18.2 Å². The molecule has 4 rings (SSSR count). The van der Waals surface area contributed by atoms with Gasteiger partial charge in [0.2, 0.25) is 0 Å². The fourth-order valence-corrected chi connectivity index (χ4v) is 5.01. The molecule has 0 fully saturated rings. The predicted molar refractivity (Wildman–Crippen MR) is 126 cm³/mol. The summed E-state index contributed by atoms with van der Waals surface area (Å²) in [5, 5.41) is 0.906. The molecule has 0 amide bonds. The summed E-state index contributed by atoms with van der Waals surface area (Å²) in [6, 6.07) is 16.0. The van der Waals surface area contributed by atoms with Crippen LogP contribution in [0.2, 0.25) is 0 Å². The van der Waals surface area contributed by atoms with Gasteiger partial charge in [-0.1, -0.05) is 37.3 Å². The Morgan fingerprint density at radius 2 is 1.56 bits per heavy atom. The molecule has 1 N–H and O–H groups in total. The van der Waals surface area contributed by atoms with Crippen molar-refractivity contribution in [3.05, 3.63) is 94.7 Å². The predicted octanol–water partition coefficient (Wildman–Crippen LogP) is 6.55. The molecule has 3 aromatic carbocycles. The summed E-state index contributed by atoms with van der Waals surface area (Å²) in [6.45, 7) is 3.83. The van der Waals surface area contributed by atoms with Gasteiger partial charge in [-0.05, 0) is 84.2 Å². The third-order valence-corrected chi connectivity index (χ3v) is 6.98. The Kier molecular flexibility index (Phi) is 6.31. The van der Waals surface area contributed by atoms with Crippen LogP contribution in [-0.4, -0.2) is 17.5 Å². The Balaban J connectivity index is 1.71. The van der Waals surface area contributed by atoms with E-state index in [-0.39, 0.29) is 4.90 Å². The summed E-state index contributed by atoms with van der Waals surface area (Å²) in [4.78, 5) is -0.150. The zero-order valence-electron chi connectivity index (χ0n) is 18.7. The number of rotatable bonds is 6. The molecule has 0 spiro atoms. The minimum atomic E-state index is -4.45. The molecule has 0 radical (unpaired) electrons. The van der Waals surface area contributed by atoms with E-state index in [1.54, 1.807) is 16.8 Å². The van der Waals surface area contributed by atoms with E-state index in [0.717, 1.165) is 45.3 Å². The maximum absolute atomic E-state index is 12.8. The Morgan fingerprint density at radius 3 is 2.18 bits per heavy atom. The molecule has 4 aromatic rings. The largest absolute Gasteiger partial charge is 0.416 e. The van der Waals surface area contributed by atoms with Crippen LogP contribution in [0.1, 0.15) is 34.7 Å². The molecule has 0 aliphatic heterocycles. The van der Waals surface area contributed by atoms with Gasteiger partial charge in [-0.3, -0.25) is 4.55 Å². The fourth-order valence-electron chi connectivity index (χ4n) is 4.31. The summed E-state index contributed by atoms with van der Waals surface area (Å²) in [5.74, 6) is 0. The molecule has 0 atom stereocenters. The highest BCUT2D eigenvalue weighted by Gasteiger charge is 2.29. The minimum absolute atomic E-state index is 0.150. The molecule has 0 saturated carbocycles. The van der Waals surface area contributed by atoms with Gasteiger partial charge in [-0.25, -0.2) is 0 Å². The molecule has 1 heterocycles. The molecule has 8 heteroatoms. The number of halogens is 3. The van der Waals surface area contributed by atoms with Gasteiger partial charge in [-0.15, -0.1) is 0 Å². The van der Waals surface area contributed by atoms with Crippen LogP contribution in [-0.2, 0) is 35.6 Å². The Bertz CT molecular complexity index is 1450. The van der Waals surface area contributed by atoms with Crippen LogP contribution < -0.4 is 0 Å². The molecule has 0 aliphatic carbocycles. The van der Waals surface area contributed by atoms with Crippen LogP contribution in [0.25, 0.3) is 16.6 Å². The van der Waals surface area contributed by atoms with E-state index in [1.807, 2.05) is 38.1 Å². The summed E-state index contributed by atoms with van der Waals surface area (Å²) in [6.07, 6.45) is -0.828. The van der Waals surface area contributed by atoms with Gasteiger partial charge in [0.1, 0.15) is 4.90 Å². The molecule has 0 saturated heterocycles. The third-order valence-electron chi connectivity index (χ3n) is 6.09. The van der Waals surface area contributed by atoms with Gasteiger partial charge >= 0.3 is 6.18 Å². The van der Waals surface area contributed by atoms with Gasteiger partial charge in [-0.2, -0.15) is 21.6 Å². The highest BCUT2D eigenvalue weighted by molar-refractivity contribution is 7.86. The van der Waals surface area contributed by atoms with E-state index in [9.17, 15) is 26.1 Å². The summed E-state index contributed by atoms with van der Waals surface area (Å²) in [7, 11) is -4.45. The van der Waals surface area contributed by atoms with Gasteiger partial charge in [0.15, 0.2) is 0 Å². The van der Waals surface area contributed by atoms with E-state index >= 15 is 0 Å². The Labute approximate surface area is 196 Å². The molecular formula is C26H24F3NO3S. The number of nitrogens with zero attached hydrogens (tertiary/aromatic N) is 1. The van der Waals surface area contributed by atoms with E-state index in [0.29, 0.717) is 24.9 Å². The molecule has 0 bridgehead atoms. The van der Waals surface area contributed by atoms with Crippen molar-refractivity contribution in [3.8, 4) is 5.69 Å². The first-order chi connectivity index (χ1) is 16.0. The number of hydrogen-bond acceptors (Lipinski definition) is 2. The number of aryl methyl sites for hydroxylation is 3. The SMILES string of the molecule is CCc1c(C)ccc(S(=O)(=O)O)c1-n1ccc2ccc(CCc3ccc(C(F)(F)F)cc3)cc21. The van der Waals surface area contributed by atoms with Gasteiger partial charge in [0.25, 0.3) is 10.1 Å². The first-order valence-corrected chi connectivity index (χ1v) is 12.3. The van der Waals surface area contributed by atoms with E-state index in [2.05, 4.69) is 0 Å². The van der Waals surface area contributed by atoms with Crippen molar-refractivity contribution < 1.29 is 26.1 Å². The molecule has 1 aromatic heterocycles. The van der Waals surface area contributed by atoms with Crippen LogP contribution >= 0.6 is 0 Å². The lowest BCUT2D eigenvalue weighted by Gasteiger charge is -2.17. The van der Waals surface area contributed by atoms with Crippen molar-refractivity contribution in [3.63, 3.8) is 0 Å². The maximum Gasteiger partial charge on any atom is 0.416 e. The normalized spacial score (nSPS) is 12.4. The fraction of sp³-hybridized carbons (Fsp3) is 0.231. The third kappa shape index (κ3) is 4.74. The van der Waals surface area contributed by atoms with E-state index < -0.39 is 21.9 Å². The second-order valence-corrected chi connectivity index (χ2v) is 9.70. The molecule has 0 unspecified atom stereocenters. The number of hydrogen-bond donors (Lipinski definition) is 1. The zero-order chi connectivity index (χ0) is 24.7. The average Bonchev–Trinajstić information content (AvgIpc) is 3.19. The molecule has 34 heavy (non-hydrogen) atoms. The summed E-state index contributed by atoms with van der Waals surface area (Å²) in [5.41, 5.74) is 4.05. The molecule has 178 valence electrons. The molecule has 4 nitrogen and oxygen atoms in total. The molecule has 0 aliphatic rings. The number of fused-ring (bicyclic) bond motifs is 1. The number of benzene rings is 3. The lowest BCUT2D eigenvalue weighted by Crippen LogP contribution is -2.09. The first kappa shape index (κ1) is 24.0. The van der Waals surface area contributed by atoms with Crippen molar-refractivity contribution in [2.45, 2.75) is 44.2 Å². The van der Waals surface area contributed by atoms with Crippen molar-refractivity contribution in [2.75, 3.05) is 0 Å². The number of aromatic nitrogens is 1. The number of alkyl halides is 3. The van der Waals surface area contributed by atoms with Crippen LogP contribution in [0.5, 0.6) is 0 Å². The summed E-state index contributed by atoms with van der Waals surface area (Å²) >= 11 is 0. The standard InChI is InChI=1S/C26H24F3NO3S/c1-3-22-17(2)4-13-24(34(31,32)33)25(22)30-15-14-20-10-7-19(16-23(20)30)6-5-18-8-11-21(12-9-18)26(27,28)29/h4,7-16H,3,5-6H2,1-2H3,(H,31,32,33). The van der Waals surface area contributed by atoms with Gasteiger partial charge in [0, 0.05) is 6.20 Å². The summed E-state index contributed by atoms with van der Waals surface area (Å²) < 4.78 is 74.3. The van der Waals surface area contributed by atoms with Crippen molar-refractivity contribution in [1.82, 2.24) is 4.57 Å². The quantitative estimate of drug-likeness (QED) is 0.314. The smallest absolute Gasteiger partial charge is 0.315 e. The first-order valence-electron chi connectivity index (χ1n) is 10.9. The lowest BCUT2D eigenvalue weighted by molar-refractivity contribution is -0.137. The van der Waals surface area contributed by atoms with Crippen molar-refractivity contribution in [1.29, 1.82) is 0 Å². The average molecular weight is 488 g/mol. The second kappa shape index (κ2) is 8.92. The highest BCUT2D eigenvalue weighted by Crippen LogP contribution is 2.32. The molecular weight excluding hydrogens is 463 g/mol. The van der Waals surface area contributed by atoms with Crippen molar-refractivity contribution >= 4 is 21.0 Å². The minimum Gasteiger partial charge on any atom is -0.315 e. The van der Waals surface area contributed by atoms with Crippen LogP contribution in [0.3, 0.4) is 0 Å². The van der Waals surface area contributed by atoms with E-state index in [4.69, 9.17) is 0 Å². The second-order valence-electron chi connectivity index (χ2n) is 8.31. The van der Waals surface area contributed by atoms with Gasteiger partial charge in [0.05, 0.1) is 16.8 Å². The van der Waals surface area contributed by atoms with Gasteiger partial charge < -0.3 is 4.57 Å². The zero-order valence-corrected chi connectivity index (χ0v) is 19.5. The maximum atomic E-state index is 12.8. The van der Waals surface area contributed by atoms with Crippen LogP contribution in [0.4, 0.5) is 13.2 Å². The Hall–Kier alpha value is -3.10. The monoisotopic (exact) mass is 487 g/mol. The van der Waals surface area contributed by atoms with Crippen LogP contribution in [0.15, 0.2) is 71.8 Å². The Morgan fingerprint density at radius 1 is 0.912 bits per heavy atom. The highest BCUT2D eigenvalue weighted by atomic mass is 32.2.